The highest BCUT2D eigenvalue weighted by Crippen LogP contribution is 2.16. The molecule has 2 aromatic rings. The minimum absolute atomic E-state index is 0.00639. The zero-order valence-electron chi connectivity index (χ0n) is 13.3. The van der Waals surface area contributed by atoms with Crippen molar-refractivity contribution in [2.45, 2.75) is 6.92 Å². The summed E-state index contributed by atoms with van der Waals surface area (Å²) in [4.78, 5) is 40.2. The van der Waals surface area contributed by atoms with Crippen LogP contribution in [-0.2, 0) is 14.3 Å². The van der Waals surface area contributed by atoms with Crippen LogP contribution in [0.3, 0.4) is 0 Å². The van der Waals surface area contributed by atoms with E-state index in [1.54, 1.807) is 30.3 Å². The summed E-state index contributed by atoms with van der Waals surface area (Å²) < 4.78 is 4.95. The third-order valence-electron chi connectivity index (χ3n) is 2.92. The van der Waals surface area contributed by atoms with E-state index in [-0.39, 0.29) is 23.3 Å². The van der Waals surface area contributed by atoms with Gasteiger partial charge in [-0.15, -0.1) is 11.3 Å². The molecule has 1 N–H and O–H groups in total. The largest absolute Gasteiger partial charge is 0.451 e. The van der Waals surface area contributed by atoms with Gasteiger partial charge in [0.1, 0.15) is 6.54 Å². The van der Waals surface area contributed by atoms with Crippen LogP contribution in [0.1, 0.15) is 17.4 Å². The second kappa shape index (κ2) is 8.56. The number of benzene rings is 1. The van der Waals surface area contributed by atoms with E-state index in [9.17, 15) is 14.4 Å². The summed E-state index contributed by atoms with van der Waals surface area (Å²) in [7, 11) is 0. The number of nitriles is 1. The van der Waals surface area contributed by atoms with Crippen molar-refractivity contribution < 1.29 is 19.1 Å². The van der Waals surface area contributed by atoms with Crippen LogP contribution in [0.15, 0.2) is 35.7 Å². The molecule has 0 atom stereocenters. The van der Waals surface area contributed by atoms with Crippen molar-refractivity contribution in [3.8, 4) is 6.07 Å². The van der Waals surface area contributed by atoms with Gasteiger partial charge in [-0.2, -0.15) is 5.26 Å². The van der Waals surface area contributed by atoms with Gasteiger partial charge in [0, 0.05) is 18.0 Å². The van der Waals surface area contributed by atoms with Crippen LogP contribution in [0.2, 0.25) is 0 Å². The van der Waals surface area contributed by atoms with Gasteiger partial charge in [0.15, 0.2) is 17.4 Å². The fourth-order valence-corrected chi connectivity index (χ4v) is 2.58. The number of thiazole rings is 1. The lowest BCUT2D eigenvalue weighted by molar-refractivity contribution is -0.121. The predicted octanol–water partition coefficient (Wildman–Crippen LogP) is 1.82. The number of nitrogens with zero attached hydrogens (tertiary/aromatic N) is 3. The van der Waals surface area contributed by atoms with Gasteiger partial charge in [0.2, 0.25) is 5.91 Å². The third kappa shape index (κ3) is 5.12. The monoisotopic (exact) mass is 358 g/mol. The molecule has 0 radical (unpaired) electrons. The number of ether oxygens (including phenoxy) is 1. The van der Waals surface area contributed by atoms with Crippen molar-refractivity contribution in [2.75, 3.05) is 23.4 Å². The molecule has 0 fully saturated rings. The van der Waals surface area contributed by atoms with Crippen LogP contribution in [-0.4, -0.2) is 35.9 Å². The van der Waals surface area contributed by atoms with Gasteiger partial charge < -0.3 is 10.1 Å². The molecule has 0 aliphatic carbocycles. The maximum atomic E-state index is 12.2. The number of aromatic nitrogens is 1. The maximum absolute atomic E-state index is 12.2. The molecule has 0 unspecified atom stereocenters. The molecule has 128 valence electrons. The zero-order valence-corrected chi connectivity index (χ0v) is 14.1. The molecule has 0 bridgehead atoms. The molecule has 0 spiro atoms. The summed E-state index contributed by atoms with van der Waals surface area (Å²) in [6, 6.07) is 10.5. The van der Waals surface area contributed by atoms with Crippen LogP contribution in [0, 0.1) is 11.3 Å². The van der Waals surface area contributed by atoms with Gasteiger partial charge in [-0.1, -0.05) is 18.2 Å². The molecule has 0 aliphatic heterocycles. The third-order valence-corrected chi connectivity index (χ3v) is 3.68. The molecular weight excluding hydrogens is 344 g/mol. The molecule has 25 heavy (non-hydrogen) atoms. The fraction of sp³-hybridized carbons (Fsp3) is 0.188. The van der Waals surface area contributed by atoms with E-state index in [2.05, 4.69) is 10.3 Å². The number of para-hydroxylation sites is 1. The molecule has 0 saturated heterocycles. The van der Waals surface area contributed by atoms with Gasteiger partial charge in [-0.05, 0) is 12.1 Å². The lowest BCUT2D eigenvalue weighted by Gasteiger charge is -2.19. The van der Waals surface area contributed by atoms with E-state index in [0.717, 1.165) is 11.3 Å². The Balaban J connectivity index is 1.98. The number of amides is 2. The summed E-state index contributed by atoms with van der Waals surface area (Å²) in [6.45, 7) is 0.637. The van der Waals surface area contributed by atoms with E-state index in [0.29, 0.717) is 5.69 Å². The Morgan fingerprint density at radius 1 is 1.32 bits per heavy atom. The SMILES string of the molecule is CC(=O)Nc1nc(C(=O)OCC(=O)N(CC#N)c2ccccc2)cs1. The van der Waals surface area contributed by atoms with Crippen molar-refractivity contribution in [1.29, 1.82) is 5.26 Å². The molecule has 8 nitrogen and oxygen atoms in total. The highest BCUT2D eigenvalue weighted by Gasteiger charge is 2.19. The van der Waals surface area contributed by atoms with Crippen molar-refractivity contribution in [3.63, 3.8) is 0 Å². The Kier molecular flexibility index (Phi) is 6.20. The van der Waals surface area contributed by atoms with Crippen molar-refractivity contribution in [3.05, 3.63) is 41.4 Å². The first-order chi connectivity index (χ1) is 12.0. The van der Waals surface area contributed by atoms with Crippen molar-refractivity contribution in [1.82, 2.24) is 4.98 Å². The standard InChI is InChI=1S/C16H14N4O4S/c1-11(21)18-16-19-13(10-25-16)15(23)24-9-14(22)20(8-7-17)12-5-3-2-4-6-12/h2-6,10H,8-9H2,1H3,(H,18,19,21). The number of esters is 1. The van der Waals surface area contributed by atoms with Crippen molar-refractivity contribution in [2.24, 2.45) is 0 Å². The van der Waals surface area contributed by atoms with E-state index >= 15 is 0 Å². The number of rotatable bonds is 6. The number of hydrogen-bond acceptors (Lipinski definition) is 7. The number of nitrogens with one attached hydrogen (secondary N) is 1. The second-order valence-corrected chi connectivity index (χ2v) is 5.63. The Morgan fingerprint density at radius 3 is 2.68 bits per heavy atom. The number of hydrogen-bond donors (Lipinski definition) is 1. The summed E-state index contributed by atoms with van der Waals surface area (Å²) >= 11 is 1.07. The van der Waals surface area contributed by atoms with Gasteiger partial charge >= 0.3 is 5.97 Å². The van der Waals surface area contributed by atoms with Crippen LogP contribution in [0.25, 0.3) is 0 Å². The fourth-order valence-electron chi connectivity index (χ4n) is 1.86. The Labute approximate surface area is 147 Å². The van der Waals surface area contributed by atoms with Crippen LogP contribution in [0.5, 0.6) is 0 Å². The Morgan fingerprint density at radius 2 is 2.04 bits per heavy atom. The number of carbonyl (C=O) groups excluding carboxylic acids is 3. The highest BCUT2D eigenvalue weighted by molar-refractivity contribution is 7.14. The molecule has 2 rings (SSSR count). The van der Waals surface area contributed by atoms with Gasteiger partial charge in [-0.3, -0.25) is 14.5 Å². The Hall–Kier alpha value is -3.25. The quantitative estimate of drug-likeness (QED) is 0.622. The molecule has 1 aromatic carbocycles. The van der Waals surface area contributed by atoms with Gasteiger partial charge in [-0.25, -0.2) is 9.78 Å². The lowest BCUT2D eigenvalue weighted by atomic mass is 10.3. The topological polar surface area (TPSA) is 112 Å². The molecule has 0 saturated carbocycles. The molecule has 2 amide bonds. The Bertz CT molecular complexity index is 813. The highest BCUT2D eigenvalue weighted by atomic mass is 32.1. The normalized spacial score (nSPS) is 9.76. The summed E-state index contributed by atoms with van der Waals surface area (Å²) in [5.41, 5.74) is 0.528. The van der Waals surface area contributed by atoms with Gasteiger partial charge in [0.25, 0.3) is 5.91 Å². The first-order valence-electron chi connectivity index (χ1n) is 7.14. The molecule has 1 aromatic heterocycles. The van der Waals surface area contributed by atoms with E-state index in [4.69, 9.17) is 10.00 Å². The smallest absolute Gasteiger partial charge is 0.358 e. The zero-order chi connectivity index (χ0) is 18.2. The van der Waals surface area contributed by atoms with E-state index in [1.807, 2.05) is 6.07 Å². The van der Waals surface area contributed by atoms with Crippen molar-refractivity contribution >= 4 is 39.9 Å². The van der Waals surface area contributed by atoms with Gasteiger partial charge in [0.05, 0.1) is 6.07 Å². The first-order valence-corrected chi connectivity index (χ1v) is 8.02. The maximum Gasteiger partial charge on any atom is 0.358 e. The summed E-state index contributed by atoms with van der Waals surface area (Å²) in [6.07, 6.45) is 0. The van der Waals surface area contributed by atoms with Crippen LogP contribution < -0.4 is 10.2 Å². The molecule has 9 heteroatoms. The minimum atomic E-state index is -0.786. The summed E-state index contributed by atoms with van der Waals surface area (Å²) in [5, 5.41) is 13.0. The molecular formula is C16H14N4O4S. The second-order valence-electron chi connectivity index (χ2n) is 4.77. The summed E-state index contributed by atoms with van der Waals surface area (Å²) in [5.74, 6) is -1.62. The first kappa shape index (κ1) is 18.1. The number of carbonyl (C=O) groups is 3. The average Bonchev–Trinajstić information content (AvgIpc) is 3.05. The number of anilines is 2. The lowest BCUT2D eigenvalue weighted by Crippen LogP contribution is -2.35. The van der Waals surface area contributed by atoms with Crippen LogP contribution in [0.4, 0.5) is 10.8 Å². The molecule has 0 aliphatic rings. The predicted molar refractivity (Wildman–Crippen MR) is 91.1 cm³/mol. The van der Waals surface area contributed by atoms with Crippen LogP contribution >= 0.6 is 11.3 Å². The average molecular weight is 358 g/mol. The molecule has 1 heterocycles. The minimum Gasteiger partial charge on any atom is -0.451 e. The van der Waals surface area contributed by atoms with E-state index < -0.39 is 18.5 Å². The van der Waals surface area contributed by atoms with E-state index in [1.165, 1.54) is 17.2 Å².